The molecule has 1 aliphatic carbocycles. The van der Waals surface area contributed by atoms with Gasteiger partial charge in [-0.2, -0.15) is 0 Å². The molecule has 0 amide bonds. The second kappa shape index (κ2) is 5.19. The van der Waals surface area contributed by atoms with Crippen LogP contribution < -0.4 is 5.32 Å². The van der Waals surface area contributed by atoms with Crippen LogP contribution in [0, 0.1) is 0 Å². The topological polar surface area (TPSA) is 21.3 Å². The zero-order chi connectivity index (χ0) is 11.5. The Labute approximate surface area is 103 Å². The first-order chi connectivity index (χ1) is 8.43. The van der Waals surface area contributed by atoms with Crippen LogP contribution in [0.4, 0.5) is 0 Å². The number of nitrogens with one attached hydrogen (secondary N) is 1. The van der Waals surface area contributed by atoms with Crippen molar-refractivity contribution >= 4 is 0 Å². The van der Waals surface area contributed by atoms with Gasteiger partial charge in [-0.25, -0.2) is 0 Å². The van der Waals surface area contributed by atoms with Crippen molar-refractivity contribution in [3.8, 4) is 0 Å². The van der Waals surface area contributed by atoms with Gasteiger partial charge in [0, 0.05) is 6.04 Å². The van der Waals surface area contributed by atoms with Gasteiger partial charge in [0.2, 0.25) is 0 Å². The molecule has 1 N–H and O–H groups in total. The zero-order valence-corrected chi connectivity index (χ0v) is 10.3. The average molecular weight is 231 g/mol. The maximum Gasteiger partial charge on any atom is 0.0828 e. The van der Waals surface area contributed by atoms with Crippen LogP contribution in [0.15, 0.2) is 24.3 Å². The number of rotatable bonds is 5. The van der Waals surface area contributed by atoms with Crippen molar-refractivity contribution in [3.63, 3.8) is 0 Å². The highest BCUT2D eigenvalue weighted by atomic mass is 16.5. The first-order valence-corrected chi connectivity index (χ1v) is 6.86. The van der Waals surface area contributed by atoms with Gasteiger partial charge in [0.25, 0.3) is 0 Å². The normalized spacial score (nSPS) is 23.4. The molecule has 0 bridgehead atoms. The Morgan fingerprint density at radius 2 is 2.12 bits per heavy atom. The van der Waals surface area contributed by atoms with Crippen molar-refractivity contribution in [2.45, 2.75) is 44.2 Å². The molecule has 0 saturated heterocycles. The average Bonchev–Trinajstić information content (AvgIpc) is 3.19. The minimum absolute atomic E-state index is 0.334. The predicted molar refractivity (Wildman–Crippen MR) is 69.1 cm³/mol. The van der Waals surface area contributed by atoms with Crippen LogP contribution in [0.2, 0.25) is 0 Å². The van der Waals surface area contributed by atoms with Crippen molar-refractivity contribution in [1.82, 2.24) is 5.32 Å². The molecule has 1 aromatic rings. The van der Waals surface area contributed by atoms with Crippen LogP contribution in [0.25, 0.3) is 0 Å². The monoisotopic (exact) mass is 231 g/mol. The van der Waals surface area contributed by atoms with E-state index < -0.39 is 0 Å². The molecule has 1 saturated carbocycles. The second-order valence-corrected chi connectivity index (χ2v) is 5.18. The Morgan fingerprint density at radius 3 is 3.00 bits per heavy atom. The maximum absolute atomic E-state index is 5.90. The Balaban J connectivity index is 1.52. The number of ether oxygens (including phenoxy) is 1. The lowest BCUT2D eigenvalue weighted by Gasteiger charge is -2.26. The molecule has 2 heteroatoms. The summed E-state index contributed by atoms with van der Waals surface area (Å²) < 4.78 is 5.90. The molecule has 17 heavy (non-hydrogen) atoms. The minimum atomic E-state index is 0.334. The van der Waals surface area contributed by atoms with Crippen molar-refractivity contribution in [2.75, 3.05) is 13.2 Å². The Kier molecular flexibility index (Phi) is 3.44. The van der Waals surface area contributed by atoms with Gasteiger partial charge in [0.15, 0.2) is 0 Å². The maximum atomic E-state index is 5.90. The van der Waals surface area contributed by atoms with E-state index in [0.717, 1.165) is 32.0 Å². The highest BCUT2D eigenvalue weighted by Gasteiger charge is 2.22. The summed E-state index contributed by atoms with van der Waals surface area (Å²) in [6.45, 7) is 2.03. The van der Waals surface area contributed by atoms with E-state index >= 15 is 0 Å². The zero-order valence-electron chi connectivity index (χ0n) is 10.3. The van der Waals surface area contributed by atoms with E-state index in [0.29, 0.717) is 6.10 Å². The van der Waals surface area contributed by atoms with Crippen molar-refractivity contribution < 1.29 is 4.74 Å². The quantitative estimate of drug-likeness (QED) is 0.787. The highest BCUT2D eigenvalue weighted by Crippen LogP contribution is 2.30. The molecular weight excluding hydrogens is 210 g/mol. The van der Waals surface area contributed by atoms with Gasteiger partial charge in [0.1, 0.15) is 0 Å². The molecule has 1 aliphatic heterocycles. The van der Waals surface area contributed by atoms with Crippen molar-refractivity contribution in [2.24, 2.45) is 0 Å². The van der Waals surface area contributed by atoms with E-state index in [4.69, 9.17) is 4.74 Å². The second-order valence-electron chi connectivity index (χ2n) is 5.18. The lowest BCUT2D eigenvalue weighted by atomic mass is 9.95. The lowest BCUT2D eigenvalue weighted by molar-refractivity contribution is 0.0353. The molecule has 1 aromatic carbocycles. The molecule has 1 fully saturated rings. The van der Waals surface area contributed by atoms with Gasteiger partial charge < -0.3 is 10.1 Å². The summed E-state index contributed by atoms with van der Waals surface area (Å²) >= 11 is 0. The minimum Gasteiger partial charge on any atom is -0.373 e. The fraction of sp³-hybridized carbons (Fsp3) is 0.600. The van der Waals surface area contributed by atoms with Gasteiger partial charge in [-0.05, 0) is 49.8 Å². The number of hydrogen-bond donors (Lipinski definition) is 1. The van der Waals surface area contributed by atoms with Gasteiger partial charge in [0.05, 0.1) is 12.7 Å². The van der Waals surface area contributed by atoms with Crippen LogP contribution in [0.1, 0.15) is 42.9 Å². The van der Waals surface area contributed by atoms with E-state index in [1.165, 1.54) is 30.4 Å². The first kappa shape index (κ1) is 11.2. The third kappa shape index (κ3) is 2.88. The summed E-state index contributed by atoms with van der Waals surface area (Å²) in [4.78, 5) is 0. The van der Waals surface area contributed by atoms with Gasteiger partial charge in [-0.3, -0.25) is 0 Å². The van der Waals surface area contributed by atoms with Crippen molar-refractivity contribution in [3.05, 3.63) is 35.4 Å². The van der Waals surface area contributed by atoms with Crippen LogP contribution >= 0.6 is 0 Å². The van der Waals surface area contributed by atoms with Crippen molar-refractivity contribution in [1.29, 1.82) is 0 Å². The number of hydrogen-bond acceptors (Lipinski definition) is 2. The molecule has 0 radical (unpaired) electrons. The fourth-order valence-corrected chi connectivity index (χ4v) is 2.60. The largest absolute Gasteiger partial charge is 0.373 e. The van der Waals surface area contributed by atoms with Crippen LogP contribution in [-0.4, -0.2) is 19.2 Å². The van der Waals surface area contributed by atoms with Gasteiger partial charge in [-0.1, -0.05) is 24.3 Å². The molecule has 2 aliphatic rings. The van der Waals surface area contributed by atoms with E-state index in [9.17, 15) is 0 Å². The molecule has 1 atom stereocenters. The van der Waals surface area contributed by atoms with Crippen LogP contribution in [0.3, 0.4) is 0 Å². The van der Waals surface area contributed by atoms with Gasteiger partial charge >= 0.3 is 0 Å². The Hall–Kier alpha value is -0.860. The van der Waals surface area contributed by atoms with Gasteiger partial charge in [-0.15, -0.1) is 0 Å². The Bertz CT molecular complexity index is 373. The van der Waals surface area contributed by atoms with E-state index in [1.54, 1.807) is 0 Å². The van der Waals surface area contributed by atoms with Crippen LogP contribution in [-0.2, 0) is 11.2 Å². The smallest absolute Gasteiger partial charge is 0.0828 e. The fourth-order valence-electron chi connectivity index (χ4n) is 2.60. The third-order valence-corrected chi connectivity index (χ3v) is 3.75. The molecule has 1 heterocycles. The molecule has 0 spiro atoms. The number of benzene rings is 1. The first-order valence-electron chi connectivity index (χ1n) is 6.86. The van der Waals surface area contributed by atoms with E-state index in [1.807, 2.05) is 0 Å². The summed E-state index contributed by atoms with van der Waals surface area (Å²) in [5.74, 6) is 0. The molecule has 92 valence electrons. The predicted octanol–water partition coefficient (Wildman–Crippen LogP) is 2.83. The molecular formula is C15H21NO. The molecule has 2 nitrogen and oxygen atoms in total. The third-order valence-electron chi connectivity index (χ3n) is 3.75. The summed E-state index contributed by atoms with van der Waals surface area (Å²) in [6, 6.07) is 9.56. The molecule has 1 unspecified atom stereocenters. The molecule has 3 rings (SSSR count). The SMILES string of the molecule is c1ccc2c(c1)CCOC2CCCNC1CC1. The summed E-state index contributed by atoms with van der Waals surface area (Å²) in [7, 11) is 0. The van der Waals surface area contributed by atoms with E-state index in [2.05, 4.69) is 29.6 Å². The van der Waals surface area contributed by atoms with Crippen LogP contribution in [0.5, 0.6) is 0 Å². The van der Waals surface area contributed by atoms with E-state index in [-0.39, 0.29) is 0 Å². The Morgan fingerprint density at radius 1 is 1.24 bits per heavy atom. The summed E-state index contributed by atoms with van der Waals surface area (Å²) in [5.41, 5.74) is 2.91. The lowest BCUT2D eigenvalue weighted by Crippen LogP contribution is -2.20. The summed E-state index contributed by atoms with van der Waals surface area (Å²) in [5, 5.41) is 3.56. The standard InChI is InChI=1S/C15H21NO/c1-2-5-14-12(4-1)9-11-17-15(14)6-3-10-16-13-7-8-13/h1-2,4-5,13,15-16H,3,6-11H2. The molecule has 0 aromatic heterocycles. The summed E-state index contributed by atoms with van der Waals surface area (Å²) in [6.07, 6.45) is 6.53. The highest BCUT2D eigenvalue weighted by molar-refractivity contribution is 5.30. The number of fused-ring (bicyclic) bond motifs is 1.